The van der Waals surface area contributed by atoms with Gasteiger partial charge in [-0.3, -0.25) is 4.40 Å². The van der Waals surface area contributed by atoms with Crippen LogP contribution in [-0.2, 0) is 6.54 Å². The molecule has 0 aliphatic heterocycles. The summed E-state index contributed by atoms with van der Waals surface area (Å²) >= 11 is 3.46. The van der Waals surface area contributed by atoms with Gasteiger partial charge in [0.2, 0.25) is 0 Å². The Balaban J connectivity index is 2.19. The van der Waals surface area contributed by atoms with Crippen molar-refractivity contribution in [3.8, 4) is 10.6 Å². The summed E-state index contributed by atoms with van der Waals surface area (Å²) in [4.78, 5) is 8.07. The topological polar surface area (TPSA) is 43.3 Å². The number of fused-ring (bicyclic) bond motifs is 1. The number of rotatable bonds is 2. The first-order valence-corrected chi connectivity index (χ1v) is 6.70. The van der Waals surface area contributed by atoms with Crippen LogP contribution in [0.25, 0.3) is 15.5 Å². The highest BCUT2D eigenvalue weighted by atomic mass is 32.1. The predicted octanol–water partition coefficient (Wildman–Crippen LogP) is 2.89. The van der Waals surface area contributed by atoms with Crippen LogP contribution < -0.4 is 5.73 Å². The Morgan fingerprint density at radius 3 is 3.00 bits per heavy atom. The number of thiophene rings is 1. The molecule has 2 N–H and O–H groups in total. The minimum Gasteiger partial charge on any atom is -0.325 e. The quantitative estimate of drug-likeness (QED) is 0.759. The van der Waals surface area contributed by atoms with Gasteiger partial charge in [0.15, 0.2) is 4.96 Å². The second kappa shape index (κ2) is 3.69. The van der Waals surface area contributed by atoms with Crippen molar-refractivity contribution >= 4 is 27.6 Å². The highest BCUT2D eigenvalue weighted by molar-refractivity contribution is 7.17. The lowest BCUT2D eigenvalue weighted by Gasteiger charge is -1.93. The molecule has 3 heterocycles. The number of hydrogen-bond acceptors (Lipinski definition) is 4. The molecule has 5 heteroatoms. The van der Waals surface area contributed by atoms with E-state index in [-0.39, 0.29) is 0 Å². The molecule has 0 aromatic carbocycles. The zero-order chi connectivity index (χ0) is 11.1. The molecule has 0 unspecified atom stereocenters. The molecule has 3 nitrogen and oxygen atoms in total. The van der Waals surface area contributed by atoms with Gasteiger partial charge in [-0.25, -0.2) is 4.98 Å². The molecule has 0 amide bonds. The maximum atomic E-state index is 5.60. The number of hydrogen-bond donors (Lipinski definition) is 1. The summed E-state index contributed by atoms with van der Waals surface area (Å²) in [5.41, 5.74) is 7.76. The largest absolute Gasteiger partial charge is 0.325 e. The molecule has 0 bridgehead atoms. The SMILES string of the molecule is Cc1ccc(-c2csc3nc(CN)cn23)s1. The first-order valence-electron chi connectivity index (χ1n) is 5.00. The third-order valence-electron chi connectivity index (χ3n) is 2.46. The van der Waals surface area contributed by atoms with E-state index in [9.17, 15) is 0 Å². The first-order chi connectivity index (χ1) is 7.78. The molecule has 0 aliphatic carbocycles. The summed E-state index contributed by atoms with van der Waals surface area (Å²) in [5, 5.41) is 2.15. The molecule has 0 saturated carbocycles. The van der Waals surface area contributed by atoms with E-state index in [0.29, 0.717) is 6.54 Å². The fourth-order valence-corrected chi connectivity index (χ4v) is 3.53. The third-order valence-corrected chi connectivity index (χ3v) is 4.32. The molecule has 3 aromatic rings. The molecule has 3 aromatic heterocycles. The average Bonchev–Trinajstić information content (AvgIpc) is 2.91. The number of aryl methyl sites for hydroxylation is 1. The van der Waals surface area contributed by atoms with E-state index in [2.05, 4.69) is 33.8 Å². The van der Waals surface area contributed by atoms with Crippen LogP contribution in [0, 0.1) is 6.92 Å². The van der Waals surface area contributed by atoms with E-state index in [1.807, 2.05) is 6.20 Å². The number of aromatic nitrogens is 2. The van der Waals surface area contributed by atoms with E-state index < -0.39 is 0 Å². The Morgan fingerprint density at radius 1 is 1.44 bits per heavy atom. The van der Waals surface area contributed by atoms with Gasteiger partial charge in [0.1, 0.15) is 0 Å². The summed E-state index contributed by atoms with van der Waals surface area (Å²) in [5.74, 6) is 0. The van der Waals surface area contributed by atoms with Crippen LogP contribution in [0.4, 0.5) is 0 Å². The van der Waals surface area contributed by atoms with Crippen molar-refractivity contribution in [2.75, 3.05) is 0 Å². The second-order valence-corrected chi connectivity index (χ2v) is 5.74. The zero-order valence-corrected chi connectivity index (χ0v) is 10.4. The fraction of sp³-hybridized carbons (Fsp3) is 0.182. The van der Waals surface area contributed by atoms with Gasteiger partial charge in [-0.1, -0.05) is 0 Å². The summed E-state index contributed by atoms with van der Waals surface area (Å²) in [6.45, 7) is 2.62. The van der Waals surface area contributed by atoms with E-state index >= 15 is 0 Å². The van der Waals surface area contributed by atoms with Gasteiger partial charge >= 0.3 is 0 Å². The Bertz CT molecular complexity index is 633. The third kappa shape index (κ3) is 1.48. The molecular formula is C11H11N3S2. The van der Waals surface area contributed by atoms with Crippen LogP contribution in [0.1, 0.15) is 10.6 Å². The predicted molar refractivity (Wildman–Crippen MR) is 69.0 cm³/mol. The van der Waals surface area contributed by atoms with E-state index in [1.54, 1.807) is 22.7 Å². The maximum Gasteiger partial charge on any atom is 0.194 e. The molecule has 82 valence electrons. The van der Waals surface area contributed by atoms with Gasteiger partial charge in [0.05, 0.1) is 16.3 Å². The number of nitrogens with two attached hydrogens (primary N) is 1. The summed E-state index contributed by atoms with van der Waals surface area (Å²) in [7, 11) is 0. The lowest BCUT2D eigenvalue weighted by atomic mass is 10.3. The Hall–Kier alpha value is -1.17. The first kappa shape index (κ1) is 10.0. The highest BCUT2D eigenvalue weighted by Gasteiger charge is 2.10. The minimum absolute atomic E-state index is 0.497. The molecule has 0 saturated heterocycles. The molecule has 3 rings (SSSR count). The fourth-order valence-electron chi connectivity index (χ4n) is 1.68. The smallest absolute Gasteiger partial charge is 0.194 e. The van der Waals surface area contributed by atoms with Crippen LogP contribution in [0.5, 0.6) is 0 Å². The van der Waals surface area contributed by atoms with Crippen molar-refractivity contribution < 1.29 is 0 Å². The lowest BCUT2D eigenvalue weighted by Crippen LogP contribution is -1.95. The van der Waals surface area contributed by atoms with Gasteiger partial charge in [0.25, 0.3) is 0 Å². The van der Waals surface area contributed by atoms with Gasteiger partial charge in [-0.05, 0) is 19.1 Å². The lowest BCUT2D eigenvalue weighted by molar-refractivity contribution is 1.02. The number of nitrogens with zero attached hydrogens (tertiary/aromatic N) is 2. The van der Waals surface area contributed by atoms with Crippen LogP contribution in [0.15, 0.2) is 23.7 Å². The number of imidazole rings is 1. The Kier molecular flexibility index (Phi) is 2.31. The molecular weight excluding hydrogens is 238 g/mol. The van der Waals surface area contributed by atoms with Crippen molar-refractivity contribution in [1.82, 2.24) is 9.38 Å². The van der Waals surface area contributed by atoms with Gasteiger partial charge < -0.3 is 5.73 Å². The minimum atomic E-state index is 0.497. The van der Waals surface area contributed by atoms with E-state index in [1.165, 1.54) is 15.4 Å². The normalized spacial score (nSPS) is 11.4. The van der Waals surface area contributed by atoms with Gasteiger partial charge in [-0.15, -0.1) is 22.7 Å². The molecule has 16 heavy (non-hydrogen) atoms. The standard InChI is InChI=1S/C11H11N3S2/c1-7-2-3-10(16-7)9-6-15-11-13-8(4-12)5-14(9)11/h2-3,5-6H,4,12H2,1H3. The van der Waals surface area contributed by atoms with Crippen LogP contribution >= 0.6 is 22.7 Å². The molecule has 0 aliphatic rings. The zero-order valence-electron chi connectivity index (χ0n) is 8.80. The van der Waals surface area contributed by atoms with Crippen LogP contribution in [0.2, 0.25) is 0 Å². The van der Waals surface area contributed by atoms with Gasteiger partial charge in [-0.2, -0.15) is 0 Å². The van der Waals surface area contributed by atoms with Crippen molar-refractivity contribution in [2.45, 2.75) is 13.5 Å². The molecule has 0 fully saturated rings. The molecule has 0 radical (unpaired) electrons. The monoisotopic (exact) mass is 249 g/mol. The van der Waals surface area contributed by atoms with Crippen molar-refractivity contribution in [3.05, 3.63) is 34.3 Å². The number of thiazole rings is 1. The molecule has 0 atom stereocenters. The maximum absolute atomic E-state index is 5.60. The van der Waals surface area contributed by atoms with E-state index in [0.717, 1.165) is 10.7 Å². The second-order valence-electron chi connectivity index (χ2n) is 3.62. The average molecular weight is 249 g/mol. The Morgan fingerprint density at radius 2 is 2.31 bits per heavy atom. The van der Waals surface area contributed by atoms with Gasteiger partial charge in [0, 0.05) is 23.0 Å². The summed E-state index contributed by atoms with van der Waals surface area (Å²) < 4.78 is 2.12. The summed E-state index contributed by atoms with van der Waals surface area (Å²) in [6.07, 6.45) is 2.02. The van der Waals surface area contributed by atoms with Crippen LogP contribution in [-0.4, -0.2) is 9.38 Å². The molecule has 0 spiro atoms. The van der Waals surface area contributed by atoms with Crippen molar-refractivity contribution in [3.63, 3.8) is 0 Å². The van der Waals surface area contributed by atoms with Crippen LogP contribution in [0.3, 0.4) is 0 Å². The van der Waals surface area contributed by atoms with Crippen molar-refractivity contribution in [1.29, 1.82) is 0 Å². The summed E-state index contributed by atoms with van der Waals surface area (Å²) in [6, 6.07) is 4.30. The van der Waals surface area contributed by atoms with Crippen molar-refractivity contribution in [2.24, 2.45) is 5.73 Å². The van der Waals surface area contributed by atoms with E-state index in [4.69, 9.17) is 5.73 Å². The Labute approximate surface area is 101 Å². The highest BCUT2D eigenvalue weighted by Crippen LogP contribution is 2.31.